The predicted octanol–water partition coefficient (Wildman–Crippen LogP) is 0.977. The normalized spacial score (nSPS) is 12.1. The van der Waals surface area contributed by atoms with Crippen LogP contribution < -0.4 is 9.44 Å². The minimum atomic E-state index is -3.53. The smallest absolute Gasteiger partial charge is 0.240 e. The van der Waals surface area contributed by atoms with E-state index < -0.39 is 20.0 Å². The Balaban J connectivity index is 1.51. The molecule has 0 unspecified atom stereocenters. The van der Waals surface area contributed by atoms with E-state index in [4.69, 9.17) is 9.47 Å². The van der Waals surface area contributed by atoms with Crippen molar-refractivity contribution in [3.05, 3.63) is 60.7 Å². The first-order chi connectivity index (χ1) is 13.4. The summed E-state index contributed by atoms with van der Waals surface area (Å²) in [6.45, 7) is 1.26. The van der Waals surface area contributed by atoms with E-state index >= 15 is 0 Å². The van der Waals surface area contributed by atoms with Crippen molar-refractivity contribution in [1.82, 2.24) is 9.44 Å². The first-order valence-electron chi connectivity index (χ1n) is 8.67. The van der Waals surface area contributed by atoms with Gasteiger partial charge in [0, 0.05) is 13.1 Å². The first-order valence-corrected chi connectivity index (χ1v) is 11.6. The summed E-state index contributed by atoms with van der Waals surface area (Å²) in [4.78, 5) is 0.410. The summed E-state index contributed by atoms with van der Waals surface area (Å²) in [5.74, 6) is 0. The Morgan fingerprint density at radius 2 is 0.929 bits per heavy atom. The average molecular weight is 429 g/mol. The Morgan fingerprint density at radius 3 is 1.29 bits per heavy atom. The maximum absolute atomic E-state index is 12.0. The lowest BCUT2D eigenvalue weighted by molar-refractivity contribution is 0.0522. The van der Waals surface area contributed by atoms with Crippen LogP contribution in [0, 0.1) is 0 Å². The van der Waals surface area contributed by atoms with Gasteiger partial charge in [-0.15, -0.1) is 0 Å². The van der Waals surface area contributed by atoms with Crippen molar-refractivity contribution in [2.75, 3.05) is 39.5 Å². The lowest BCUT2D eigenvalue weighted by atomic mass is 10.4. The van der Waals surface area contributed by atoms with Crippen molar-refractivity contribution < 1.29 is 26.3 Å². The molecule has 0 atom stereocenters. The largest absolute Gasteiger partial charge is 0.378 e. The summed E-state index contributed by atoms with van der Waals surface area (Å²) < 4.78 is 63.4. The second-order valence-corrected chi connectivity index (χ2v) is 9.18. The molecule has 0 amide bonds. The summed E-state index contributed by atoms with van der Waals surface area (Å²) in [6.07, 6.45) is 0. The highest BCUT2D eigenvalue weighted by molar-refractivity contribution is 7.89. The van der Waals surface area contributed by atoms with Crippen LogP contribution in [0.1, 0.15) is 0 Å². The van der Waals surface area contributed by atoms with E-state index in [9.17, 15) is 16.8 Å². The van der Waals surface area contributed by atoms with Gasteiger partial charge < -0.3 is 9.47 Å². The van der Waals surface area contributed by atoms with Gasteiger partial charge in [-0.25, -0.2) is 26.3 Å². The molecule has 0 aliphatic heterocycles. The van der Waals surface area contributed by atoms with Gasteiger partial charge in [-0.05, 0) is 24.3 Å². The van der Waals surface area contributed by atoms with Gasteiger partial charge in [-0.2, -0.15) is 0 Å². The van der Waals surface area contributed by atoms with Gasteiger partial charge in [0.25, 0.3) is 0 Å². The molecule has 154 valence electrons. The van der Waals surface area contributed by atoms with Crippen LogP contribution in [0.15, 0.2) is 70.5 Å². The van der Waals surface area contributed by atoms with Crippen LogP contribution in [0.25, 0.3) is 0 Å². The molecule has 0 aromatic heterocycles. The zero-order valence-electron chi connectivity index (χ0n) is 15.3. The molecule has 0 fully saturated rings. The Kier molecular flexibility index (Phi) is 9.03. The molecule has 2 aromatic rings. The molecule has 0 spiro atoms. The second kappa shape index (κ2) is 11.2. The van der Waals surface area contributed by atoms with E-state index in [-0.39, 0.29) is 49.3 Å². The van der Waals surface area contributed by atoms with Crippen molar-refractivity contribution in [3.63, 3.8) is 0 Å². The van der Waals surface area contributed by atoms with Gasteiger partial charge in [0.15, 0.2) is 0 Å². The van der Waals surface area contributed by atoms with Gasteiger partial charge in [0.2, 0.25) is 20.0 Å². The fourth-order valence-electron chi connectivity index (χ4n) is 2.18. The molecule has 0 radical (unpaired) electrons. The number of sulfonamides is 2. The van der Waals surface area contributed by atoms with Crippen molar-refractivity contribution in [2.24, 2.45) is 0 Å². The van der Waals surface area contributed by atoms with E-state index in [0.29, 0.717) is 0 Å². The summed E-state index contributed by atoms with van der Waals surface area (Å²) in [6, 6.07) is 16.2. The highest BCUT2D eigenvalue weighted by Crippen LogP contribution is 2.07. The van der Waals surface area contributed by atoms with Gasteiger partial charge >= 0.3 is 0 Å². The molecular formula is C18H24N2O6S2. The van der Waals surface area contributed by atoms with E-state index in [1.807, 2.05) is 0 Å². The van der Waals surface area contributed by atoms with Crippen LogP contribution in [-0.4, -0.2) is 56.4 Å². The lowest BCUT2D eigenvalue weighted by Crippen LogP contribution is -2.28. The minimum Gasteiger partial charge on any atom is -0.378 e. The van der Waals surface area contributed by atoms with Crippen molar-refractivity contribution in [1.29, 1.82) is 0 Å². The predicted molar refractivity (Wildman–Crippen MR) is 105 cm³/mol. The van der Waals surface area contributed by atoms with Gasteiger partial charge in [0.05, 0.1) is 36.2 Å². The molecule has 0 saturated carbocycles. The van der Waals surface area contributed by atoms with Gasteiger partial charge in [-0.3, -0.25) is 0 Å². The van der Waals surface area contributed by atoms with Gasteiger partial charge in [0.1, 0.15) is 0 Å². The maximum Gasteiger partial charge on any atom is 0.240 e. The van der Waals surface area contributed by atoms with Crippen LogP contribution >= 0.6 is 0 Å². The zero-order valence-corrected chi connectivity index (χ0v) is 16.9. The SMILES string of the molecule is O=S(=O)(NCCOCCOCCNS(=O)(=O)c1ccccc1)c1ccccc1. The minimum absolute atomic E-state index is 0.147. The van der Waals surface area contributed by atoms with E-state index in [2.05, 4.69) is 9.44 Å². The number of benzene rings is 2. The molecule has 0 aliphatic carbocycles. The van der Waals surface area contributed by atoms with Crippen LogP contribution in [0.3, 0.4) is 0 Å². The Morgan fingerprint density at radius 1 is 0.571 bits per heavy atom. The van der Waals surface area contributed by atoms with Crippen LogP contribution in [0.4, 0.5) is 0 Å². The monoisotopic (exact) mass is 428 g/mol. The van der Waals surface area contributed by atoms with E-state index in [0.717, 1.165) is 0 Å². The third kappa shape index (κ3) is 7.66. The quantitative estimate of drug-likeness (QED) is 0.460. The fourth-order valence-corrected chi connectivity index (χ4v) is 4.25. The topological polar surface area (TPSA) is 111 Å². The molecule has 0 aliphatic rings. The molecule has 0 bridgehead atoms. The Labute approximate surface area is 166 Å². The average Bonchev–Trinajstić information content (AvgIpc) is 2.70. The molecule has 2 aromatic carbocycles. The highest BCUT2D eigenvalue weighted by Gasteiger charge is 2.12. The number of hydrogen-bond acceptors (Lipinski definition) is 6. The fraction of sp³-hybridized carbons (Fsp3) is 0.333. The molecule has 0 saturated heterocycles. The molecular weight excluding hydrogens is 404 g/mol. The molecule has 8 nitrogen and oxygen atoms in total. The molecule has 2 N–H and O–H groups in total. The zero-order chi connectivity index (χ0) is 20.3. The summed E-state index contributed by atoms with van der Waals surface area (Å²) in [7, 11) is -7.06. The third-order valence-corrected chi connectivity index (χ3v) is 6.51. The highest BCUT2D eigenvalue weighted by atomic mass is 32.2. The van der Waals surface area contributed by atoms with Crippen LogP contribution in [0.5, 0.6) is 0 Å². The van der Waals surface area contributed by atoms with Gasteiger partial charge in [-0.1, -0.05) is 36.4 Å². The lowest BCUT2D eigenvalue weighted by Gasteiger charge is -2.09. The second-order valence-electron chi connectivity index (χ2n) is 5.65. The number of nitrogens with one attached hydrogen (secondary N) is 2. The molecule has 2 rings (SSSR count). The Bertz CT molecular complexity index is 826. The first kappa shape index (κ1) is 22.5. The third-order valence-electron chi connectivity index (χ3n) is 3.56. The van der Waals surface area contributed by atoms with Crippen molar-refractivity contribution in [3.8, 4) is 0 Å². The van der Waals surface area contributed by atoms with E-state index in [1.165, 1.54) is 24.3 Å². The Hall–Kier alpha value is -1.82. The standard InChI is InChI=1S/C18H24N2O6S2/c21-27(22,17-7-3-1-4-8-17)19-11-13-25-15-16-26-14-12-20-28(23,24)18-9-5-2-6-10-18/h1-10,19-20H,11-16H2. The number of ether oxygens (including phenoxy) is 2. The summed E-state index contributed by atoms with van der Waals surface area (Å²) >= 11 is 0. The van der Waals surface area contributed by atoms with Crippen LogP contribution in [0.2, 0.25) is 0 Å². The number of hydrogen-bond donors (Lipinski definition) is 2. The molecule has 0 heterocycles. The summed E-state index contributed by atoms with van der Waals surface area (Å²) in [5, 5.41) is 0. The summed E-state index contributed by atoms with van der Waals surface area (Å²) in [5.41, 5.74) is 0. The van der Waals surface area contributed by atoms with Crippen LogP contribution in [-0.2, 0) is 29.5 Å². The van der Waals surface area contributed by atoms with E-state index in [1.54, 1.807) is 36.4 Å². The van der Waals surface area contributed by atoms with Crippen molar-refractivity contribution >= 4 is 20.0 Å². The van der Waals surface area contributed by atoms with Crippen molar-refractivity contribution in [2.45, 2.75) is 9.79 Å². The number of rotatable bonds is 13. The molecule has 10 heteroatoms. The maximum atomic E-state index is 12.0. The molecule has 28 heavy (non-hydrogen) atoms.